The Morgan fingerprint density at radius 1 is 0.617 bits per heavy atom. The quantitative estimate of drug-likeness (QED) is 0.0650. The van der Waals surface area contributed by atoms with Crippen molar-refractivity contribution in [3.05, 3.63) is 118 Å². The summed E-state index contributed by atoms with van der Waals surface area (Å²) in [6.07, 6.45) is 6.37. The number of rotatable bonds is 14. The number of Topliss-reactive ketones (excluding diaryl/α,β-unsaturated/α-hetero) is 3. The Morgan fingerprint density at radius 2 is 1.19 bits per heavy atom. The van der Waals surface area contributed by atoms with Crippen molar-refractivity contribution in [3.63, 3.8) is 0 Å². The van der Waals surface area contributed by atoms with Crippen LogP contribution in [-0.4, -0.2) is 34.5 Å². The van der Waals surface area contributed by atoms with E-state index in [9.17, 15) is 14.4 Å². The molecule has 2 aliphatic rings. The number of carbonyl (C=O) groups excluding carboxylic acids is 3. The number of unbranched alkanes of at least 4 members (excludes halogenated alkanes) is 2. The van der Waals surface area contributed by atoms with Crippen LogP contribution in [0.3, 0.4) is 0 Å². The minimum atomic E-state index is -0.117. The van der Waals surface area contributed by atoms with E-state index >= 15 is 0 Å². The second kappa shape index (κ2) is 16.7. The Balaban J connectivity index is 0.000000273. The summed E-state index contributed by atoms with van der Waals surface area (Å²) in [6, 6.07) is 26.8. The van der Waals surface area contributed by atoms with Gasteiger partial charge >= 0.3 is 0 Å². The monoisotopic (exact) mass is 686 g/mol. The summed E-state index contributed by atoms with van der Waals surface area (Å²) in [4.78, 5) is 39.0. The maximum Gasteiger partial charge on any atom is 0.163 e. The summed E-state index contributed by atoms with van der Waals surface area (Å²) in [5.41, 5.74) is 11.3. The number of hydrogen-bond donors (Lipinski definition) is 0. The molecule has 6 heteroatoms. The third kappa shape index (κ3) is 8.44. The van der Waals surface area contributed by atoms with E-state index in [4.69, 9.17) is 34.8 Å². The molecule has 4 aromatic carbocycles. The second-order valence-corrected chi connectivity index (χ2v) is 13.9. The zero-order chi connectivity index (χ0) is 33.3. The molecule has 244 valence electrons. The maximum atomic E-state index is 13.3. The number of carbonyl (C=O) groups is 3. The van der Waals surface area contributed by atoms with Crippen molar-refractivity contribution in [2.45, 2.75) is 76.5 Å². The van der Waals surface area contributed by atoms with Gasteiger partial charge < -0.3 is 0 Å². The predicted molar refractivity (Wildman–Crippen MR) is 196 cm³/mol. The first-order valence-corrected chi connectivity index (χ1v) is 18.1. The highest BCUT2D eigenvalue weighted by Crippen LogP contribution is 2.41. The zero-order valence-electron chi connectivity index (χ0n) is 26.9. The number of alkyl halides is 3. The van der Waals surface area contributed by atoms with E-state index in [2.05, 4.69) is 48.5 Å². The predicted octanol–water partition coefficient (Wildman–Crippen LogP) is 11.3. The lowest BCUT2D eigenvalue weighted by molar-refractivity contribution is 0.0946. The fourth-order valence-corrected chi connectivity index (χ4v) is 7.06. The molecule has 0 bridgehead atoms. The lowest BCUT2D eigenvalue weighted by Gasteiger charge is -2.14. The van der Waals surface area contributed by atoms with E-state index in [-0.39, 0.29) is 22.7 Å². The van der Waals surface area contributed by atoms with Gasteiger partial charge in [-0.2, -0.15) is 0 Å². The molecule has 0 saturated carbocycles. The molecule has 2 aliphatic carbocycles. The Morgan fingerprint density at radius 3 is 1.81 bits per heavy atom. The molecule has 6 rings (SSSR count). The number of hydrogen-bond acceptors (Lipinski definition) is 3. The SMILES string of the molecule is CC(Cl)CCC(=O)c1c(C(=O)CCCCCl)ccc2c1Cc1cc(C(=O)CCCCCl)ccc1-2.c1ccc2c(c1)Cc1ccccc1-2. The molecule has 0 aromatic heterocycles. The van der Waals surface area contributed by atoms with Crippen molar-refractivity contribution >= 4 is 52.2 Å². The van der Waals surface area contributed by atoms with Gasteiger partial charge in [0.15, 0.2) is 17.3 Å². The van der Waals surface area contributed by atoms with Gasteiger partial charge in [-0.3, -0.25) is 14.4 Å². The number of halogens is 3. The lowest BCUT2D eigenvalue weighted by atomic mass is 9.88. The van der Waals surface area contributed by atoms with Crippen LogP contribution in [0.25, 0.3) is 22.3 Å². The average molecular weight is 688 g/mol. The van der Waals surface area contributed by atoms with Gasteiger partial charge in [-0.1, -0.05) is 72.8 Å². The van der Waals surface area contributed by atoms with Crippen molar-refractivity contribution < 1.29 is 14.4 Å². The van der Waals surface area contributed by atoms with Gasteiger partial charge in [0.2, 0.25) is 0 Å². The summed E-state index contributed by atoms with van der Waals surface area (Å²) in [5, 5.41) is -0.117. The number of fused-ring (bicyclic) bond motifs is 6. The van der Waals surface area contributed by atoms with Crippen LogP contribution in [-0.2, 0) is 12.8 Å². The van der Waals surface area contributed by atoms with Crippen LogP contribution in [0, 0.1) is 0 Å². The Kier molecular flexibility index (Phi) is 12.5. The molecule has 3 nitrogen and oxygen atoms in total. The topological polar surface area (TPSA) is 51.2 Å². The fraction of sp³-hybridized carbons (Fsp3) is 0.341. The summed E-state index contributed by atoms with van der Waals surface area (Å²) in [7, 11) is 0. The van der Waals surface area contributed by atoms with E-state index in [1.165, 1.54) is 22.3 Å². The van der Waals surface area contributed by atoms with Crippen LogP contribution < -0.4 is 0 Å². The molecular weight excluding hydrogens is 647 g/mol. The average Bonchev–Trinajstić information content (AvgIpc) is 3.65. The zero-order valence-corrected chi connectivity index (χ0v) is 29.2. The molecule has 1 atom stereocenters. The van der Waals surface area contributed by atoms with Crippen LogP contribution in [0.4, 0.5) is 0 Å². The number of ketones is 3. The molecule has 0 fully saturated rings. The molecule has 47 heavy (non-hydrogen) atoms. The van der Waals surface area contributed by atoms with Gasteiger partial charge in [0, 0.05) is 53.1 Å². The Labute approximate surface area is 293 Å². The second-order valence-electron chi connectivity index (χ2n) is 12.4. The molecule has 0 saturated heterocycles. The first kappa shape index (κ1) is 35.1. The van der Waals surface area contributed by atoms with Crippen LogP contribution in [0.15, 0.2) is 78.9 Å². The van der Waals surface area contributed by atoms with Crippen LogP contribution in [0.1, 0.15) is 112 Å². The molecular formula is C41H41Cl3O3. The van der Waals surface area contributed by atoms with Gasteiger partial charge in [0.25, 0.3) is 0 Å². The molecule has 0 aliphatic heterocycles. The van der Waals surface area contributed by atoms with Crippen molar-refractivity contribution in [1.29, 1.82) is 0 Å². The lowest BCUT2D eigenvalue weighted by Crippen LogP contribution is -2.13. The van der Waals surface area contributed by atoms with Crippen molar-refractivity contribution in [2.24, 2.45) is 0 Å². The van der Waals surface area contributed by atoms with E-state index in [0.29, 0.717) is 67.0 Å². The largest absolute Gasteiger partial charge is 0.294 e. The van der Waals surface area contributed by atoms with Gasteiger partial charge in [-0.05, 0) is 102 Å². The van der Waals surface area contributed by atoms with Crippen LogP contribution in [0.2, 0.25) is 0 Å². The van der Waals surface area contributed by atoms with E-state index in [0.717, 1.165) is 47.9 Å². The van der Waals surface area contributed by atoms with E-state index in [1.807, 2.05) is 31.2 Å². The Bertz CT molecular complexity index is 1710. The van der Waals surface area contributed by atoms with Crippen molar-refractivity contribution in [2.75, 3.05) is 11.8 Å². The summed E-state index contributed by atoms with van der Waals surface area (Å²) in [5.74, 6) is 1.10. The van der Waals surface area contributed by atoms with Crippen LogP contribution >= 0.6 is 34.8 Å². The van der Waals surface area contributed by atoms with E-state index in [1.54, 1.807) is 6.07 Å². The highest BCUT2D eigenvalue weighted by Gasteiger charge is 2.29. The third-order valence-electron chi connectivity index (χ3n) is 9.03. The smallest absolute Gasteiger partial charge is 0.163 e. The van der Waals surface area contributed by atoms with Gasteiger partial charge in [0.05, 0.1) is 0 Å². The molecule has 0 N–H and O–H groups in total. The Hall–Kier alpha value is -3.24. The van der Waals surface area contributed by atoms with Crippen molar-refractivity contribution in [1.82, 2.24) is 0 Å². The highest BCUT2D eigenvalue weighted by atomic mass is 35.5. The standard InChI is InChI=1S/C28H31Cl3O3.C13H10/c1-18(31)8-13-27(34)28-23(26(33)7-3-5-15-30)12-11-22-21-10-9-19(16-20(21)17-24(22)28)25(32)6-2-4-14-29;1-3-7-12-10(5-1)9-11-6-2-4-8-13(11)12/h9-12,16,18H,2-8,13-15,17H2,1H3;1-8H,9H2. The van der Waals surface area contributed by atoms with Gasteiger partial charge in [-0.15, -0.1) is 34.8 Å². The minimum absolute atomic E-state index is 0.0266. The highest BCUT2D eigenvalue weighted by molar-refractivity contribution is 6.20. The fourth-order valence-electron chi connectivity index (χ4n) is 6.57. The minimum Gasteiger partial charge on any atom is -0.294 e. The van der Waals surface area contributed by atoms with Gasteiger partial charge in [0.1, 0.15) is 0 Å². The summed E-state index contributed by atoms with van der Waals surface area (Å²) in [6.45, 7) is 1.87. The summed E-state index contributed by atoms with van der Waals surface area (Å²) < 4.78 is 0. The first-order chi connectivity index (χ1) is 22.8. The molecule has 0 amide bonds. The molecule has 4 aromatic rings. The molecule has 0 heterocycles. The third-order valence-corrected chi connectivity index (χ3v) is 9.78. The molecule has 0 radical (unpaired) electrons. The van der Waals surface area contributed by atoms with Gasteiger partial charge in [-0.25, -0.2) is 0 Å². The van der Waals surface area contributed by atoms with Crippen molar-refractivity contribution in [3.8, 4) is 22.3 Å². The summed E-state index contributed by atoms with van der Waals surface area (Å²) >= 11 is 17.6. The van der Waals surface area contributed by atoms with E-state index < -0.39 is 0 Å². The maximum absolute atomic E-state index is 13.3. The van der Waals surface area contributed by atoms with Crippen LogP contribution in [0.5, 0.6) is 0 Å². The molecule has 1 unspecified atom stereocenters. The first-order valence-electron chi connectivity index (χ1n) is 16.6. The normalized spacial score (nSPS) is 12.7. The number of benzene rings is 4. The molecule has 0 spiro atoms.